The van der Waals surface area contributed by atoms with Crippen LogP contribution in [0.15, 0.2) is 12.2 Å². The summed E-state index contributed by atoms with van der Waals surface area (Å²) in [7, 11) is 0. The number of aliphatic hydroxyl groups excluding tert-OH is 2. The summed E-state index contributed by atoms with van der Waals surface area (Å²) in [5.41, 5.74) is 0. The number of ether oxygens (including phenoxy) is 1. The molecule has 0 heterocycles. The van der Waals surface area contributed by atoms with Crippen LogP contribution in [0.2, 0.25) is 0 Å². The average molecular weight is 1030 g/mol. The van der Waals surface area contributed by atoms with Crippen LogP contribution in [0.3, 0.4) is 0 Å². The van der Waals surface area contributed by atoms with Gasteiger partial charge in [0, 0.05) is 12.8 Å². The van der Waals surface area contributed by atoms with Gasteiger partial charge in [-0.3, -0.25) is 9.59 Å². The molecule has 0 bridgehead atoms. The topological polar surface area (TPSA) is 95.9 Å². The molecule has 6 heteroatoms. The van der Waals surface area contributed by atoms with Crippen molar-refractivity contribution in [3.63, 3.8) is 0 Å². The van der Waals surface area contributed by atoms with Gasteiger partial charge in [-0.2, -0.15) is 0 Å². The summed E-state index contributed by atoms with van der Waals surface area (Å²) in [5, 5.41) is 23.4. The second kappa shape index (κ2) is 63.1. The first-order valence-electron chi connectivity index (χ1n) is 33.4. The summed E-state index contributed by atoms with van der Waals surface area (Å²) in [4.78, 5) is 24.5. The van der Waals surface area contributed by atoms with E-state index in [0.29, 0.717) is 25.9 Å². The predicted octanol–water partition coefficient (Wildman–Crippen LogP) is 21.2. The zero-order valence-corrected chi connectivity index (χ0v) is 49.6. The van der Waals surface area contributed by atoms with Gasteiger partial charge >= 0.3 is 5.97 Å². The molecule has 0 aromatic heterocycles. The van der Waals surface area contributed by atoms with Crippen molar-refractivity contribution >= 4 is 11.9 Å². The number of carbonyl (C=O) groups excluding carboxylic acids is 2. The highest BCUT2D eigenvalue weighted by Crippen LogP contribution is 2.19. The lowest BCUT2D eigenvalue weighted by Gasteiger charge is -2.22. The fourth-order valence-electron chi connectivity index (χ4n) is 10.7. The Hall–Kier alpha value is -1.40. The molecule has 0 radical (unpaired) electrons. The van der Waals surface area contributed by atoms with Crippen molar-refractivity contribution in [2.45, 2.75) is 392 Å². The Morgan fingerprint density at radius 3 is 1.00 bits per heavy atom. The highest BCUT2D eigenvalue weighted by molar-refractivity contribution is 5.76. The lowest BCUT2D eigenvalue weighted by molar-refractivity contribution is -0.143. The SMILES string of the molecule is CCCCC/C=C\CCCCCCCC(=O)OCCCCCCCCCCCCCCCCCCCCCCCCCCCCC(=O)NC(CO)C(O)CCCCCCCCCCCCCCCCCCCC. The van der Waals surface area contributed by atoms with Crippen LogP contribution in [0, 0.1) is 0 Å². The number of hydrogen-bond acceptors (Lipinski definition) is 5. The monoisotopic (exact) mass is 1030 g/mol. The van der Waals surface area contributed by atoms with E-state index in [1.54, 1.807) is 0 Å². The molecule has 3 N–H and O–H groups in total. The van der Waals surface area contributed by atoms with Gasteiger partial charge in [-0.05, 0) is 51.4 Å². The third-order valence-corrected chi connectivity index (χ3v) is 15.8. The predicted molar refractivity (Wildman–Crippen MR) is 320 cm³/mol. The molecule has 0 saturated carbocycles. The van der Waals surface area contributed by atoms with Crippen molar-refractivity contribution in [2.75, 3.05) is 13.2 Å². The summed E-state index contributed by atoms with van der Waals surface area (Å²) in [5.74, 6) is -0.0209. The normalized spacial score (nSPS) is 12.5. The number of nitrogens with one attached hydrogen (secondary N) is 1. The molecule has 0 aliphatic heterocycles. The summed E-state index contributed by atoms with van der Waals surface area (Å²) in [6, 6.07) is -0.539. The third-order valence-electron chi connectivity index (χ3n) is 15.8. The van der Waals surface area contributed by atoms with Gasteiger partial charge < -0.3 is 20.3 Å². The Labute approximate surface area is 457 Å². The molecule has 434 valence electrons. The molecule has 2 atom stereocenters. The third kappa shape index (κ3) is 59.7. The van der Waals surface area contributed by atoms with E-state index in [-0.39, 0.29) is 18.5 Å². The average Bonchev–Trinajstić information content (AvgIpc) is 3.39. The molecular weight excluding hydrogens is 899 g/mol. The number of amides is 1. The van der Waals surface area contributed by atoms with Gasteiger partial charge in [0.05, 0.1) is 25.4 Å². The van der Waals surface area contributed by atoms with E-state index in [4.69, 9.17) is 4.74 Å². The molecule has 0 aliphatic rings. The van der Waals surface area contributed by atoms with Crippen LogP contribution >= 0.6 is 0 Å². The highest BCUT2D eigenvalue weighted by atomic mass is 16.5. The molecule has 0 aromatic carbocycles. The van der Waals surface area contributed by atoms with Crippen LogP contribution in [-0.2, 0) is 14.3 Å². The van der Waals surface area contributed by atoms with Gasteiger partial charge in [0.15, 0.2) is 0 Å². The zero-order chi connectivity index (χ0) is 52.9. The molecule has 73 heavy (non-hydrogen) atoms. The number of rotatable bonds is 63. The molecule has 2 unspecified atom stereocenters. The smallest absolute Gasteiger partial charge is 0.305 e. The van der Waals surface area contributed by atoms with Crippen LogP contribution < -0.4 is 5.32 Å². The van der Waals surface area contributed by atoms with Crippen LogP contribution in [0.4, 0.5) is 0 Å². The molecule has 0 saturated heterocycles. The number of unbranched alkanes of at least 4 members (excludes halogenated alkanes) is 50. The minimum Gasteiger partial charge on any atom is -0.466 e. The Morgan fingerprint density at radius 1 is 0.370 bits per heavy atom. The molecule has 0 aromatic rings. The molecule has 0 rings (SSSR count). The Kier molecular flexibility index (Phi) is 61.9. The first kappa shape index (κ1) is 71.6. The quantitative estimate of drug-likeness (QED) is 0.0320. The van der Waals surface area contributed by atoms with E-state index < -0.39 is 12.1 Å². The van der Waals surface area contributed by atoms with E-state index in [0.717, 1.165) is 44.9 Å². The Bertz CT molecular complexity index is 1100. The van der Waals surface area contributed by atoms with Crippen LogP contribution in [0.1, 0.15) is 380 Å². The van der Waals surface area contributed by atoms with Crippen LogP contribution in [-0.4, -0.2) is 47.4 Å². The van der Waals surface area contributed by atoms with Gasteiger partial charge in [0.1, 0.15) is 0 Å². The van der Waals surface area contributed by atoms with Crippen LogP contribution in [0.25, 0.3) is 0 Å². The first-order valence-corrected chi connectivity index (χ1v) is 33.4. The molecular formula is C67H131NO5. The van der Waals surface area contributed by atoms with Crippen molar-refractivity contribution in [2.24, 2.45) is 0 Å². The molecule has 0 fully saturated rings. The van der Waals surface area contributed by atoms with Gasteiger partial charge in [-0.25, -0.2) is 0 Å². The number of esters is 1. The number of carbonyl (C=O) groups is 2. The van der Waals surface area contributed by atoms with Gasteiger partial charge in [0.25, 0.3) is 0 Å². The Morgan fingerprint density at radius 2 is 0.644 bits per heavy atom. The summed E-state index contributed by atoms with van der Waals surface area (Å²) in [6.07, 6.45) is 76.7. The van der Waals surface area contributed by atoms with E-state index in [9.17, 15) is 19.8 Å². The maximum Gasteiger partial charge on any atom is 0.305 e. The summed E-state index contributed by atoms with van der Waals surface area (Å²) >= 11 is 0. The molecule has 0 spiro atoms. The largest absolute Gasteiger partial charge is 0.466 e. The molecule has 1 amide bonds. The van der Waals surface area contributed by atoms with Crippen molar-refractivity contribution < 1.29 is 24.5 Å². The fourth-order valence-corrected chi connectivity index (χ4v) is 10.7. The van der Waals surface area contributed by atoms with Crippen molar-refractivity contribution in [3.8, 4) is 0 Å². The number of hydrogen-bond donors (Lipinski definition) is 3. The first-order chi connectivity index (χ1) is 36.0. The van der Waals surface area contributed by atoms with Crippen LogP contribution in [0.5, 0.6) is 0 Å². The minimum atomic E-state index is -0.662. The summed E-state index contributed by atoms with van der Waals surface area (Å²) in [6.45, 7) is 4.96. The maximum absolute atomic E-state index is 12.5. The molecule has 6 nitrogen and oxygen atoms in total. The number of allylic oxidation sites excluding steroid dienone is 2. The van der Waals surface area contributed by atoms with Crippen molar-refractivity contribution in [3.05, 3.63) is 12.2 Å². The second-order valence-electron chi connectivity index (χ2n) is 23.2. The van der Waals surface area contributed by atoms with Crippen molar-refractivity contribution in [1.29, 1.82) is 0 Å². The van der Waals surface area contributed by atoms with E-state index in [1.165, 1.54) is 302 Å². The minimum absolute atomic E-state index is 0.00795. The van der Waals surface area contributed by atoms with E-state index in [2.05, 4.69) is 31.3 Å². The standard InChI is InChI=1S/C67H131NO5/c1-3-5-7-9-11-13-15-17-18-19-30-33-36-39-43-47-51-55-59-65(70)64(63-69)68-66(71)60-56-52-48-44-40-37-34-31-28-26-24-22-20-21-23-25-27-29-32-35-38-42-46-50-54-58-62-73-67(72)61-57-53-49-45-41-16-14-12-10-8-6-4-2/h12,14,64-65,69-70H,3-11,13,15-63H2,1-2H3,(H,68,71)/b14-12-. The van der Waals surface area contributed by atoms with Gasteiger partial charge in [-0.15, -0.1) is 0 Å². The van der Waals surface area contributed by atoms with E-state index >= 15 is 0 Å². The fraction of sp³-hybridized carbons (Fsp3) is 0.940. The Balaban J connectivity index is 3.35. The van der Waals surface area contributed by atoms with Gasteiger partial charge in [0.2, 0.25) is 5.91 Å². The lowest BCUT2D eigenvalue weighted by Crippen LogP contribution is -2.45. The second-order valence-corrected chi connectivity index (χ2v) is 23.2. The number of aliphatic hydroxyl groups is 2. The maximum atomic E-state index is 12.5. The zero-order valence-electron chi connectivity index (χ0n) is 49.6. The van der Waals surface area contributed by atoms with E-state index in [1.807, 2.05) is 0 Å². The lowest BCUT2D eigenvalue weighted by atomic mass is 10.0. The van der Waals surface area contributed by atoms with Gasteiger partial charge in [-0.1, -0.05) is 328 Å². The van der Waals surface area contributed by atoms with Crippen molar-refractivity contribution in [1.82, 2.24) is 5.32 Å². The molecule has 0 aliphatic carbocycles. The highest BCUT2D eigenvalue weighted by Gasteiger charge is 2.20. The summed E-state index contributed by atoms with van der Waals surface area (Å²) < 4.78 is 5.47.